The number of nitriles is 1. The maximum Gasteiger partial charge on any atom is 0.305 e. The third-order valence-corrected chi connectivity index (χ3v) is 3.57. The van der Waals surface area contributed by atoms with E-state index < -0.39 is 11.5 Å². The van der Waals surface area contributed by atoms with Gasteiger partial charge in [0.25, 0.3) is 0 Å². The van der Waals surface area contributed by atoms with Crippen LogP contribution in [0, 0.1) is 11.3 Å². The number of halogens is 1. The predicted octanol–water partition coefficient (Wildman–Crippen LogP) is 1.55. The highest BCUT2D eigenvalue weighted by Gasteiger charge is 2.39. The van der Waals surface area contributed by atoms with Crippen LogP contribution in [0.5, 0.6) is 0 Å². The van der Waals surface area contributed by atoms with Gasteiger partial charge in [-0.3, -0.25) is 4.79 Å². The Morgan fingerprint density at radius 1 is 1.61 bits per heavy atom. The first-order chi connectivity index (χ1) is 8.54. The highest BCUT2D eigenvalue weighted by molar-refractivity contribution is 9.10. The smallest absolute Gasteiger partial charge is 0.305 e. The van der Waals surface area contributed by atoms with Crippen LogP contribution in [0.3, 0.4) is 0 Å². The molecule has 1 fully saturated rings. The van der Waals surface area contributed by atoms with E-state index in [9.17, 15) is 4.79 Å². The standard InChI is InChI=1S/C12H12BrN3O2/c13-10-3-9(2-1-8(10)5-14)16-12(4-11(17)18)6-15-7-12/h1-3,15-16H,4,6-7H2,(H,17,18). The van der Waals surface area contributed by atoms with Gasteiger partial charge in [0.05, 0.1) is 17.5 Å². The summed E-state index contributed by atoms with van der Waals surface area (Å²) in [5.74, 6) is -0.822. The molecular weight excluding hydrogens is 298 g/mol. The minimum atomic E-state index is -0.822. The Morgan fingerprint density at radius 3 is 2.78 bits per heavy atom. The van der Waals surface area contributed by atoms with Gasteiger partial charge in [0.15, 0.2) is 0 Å². The number of hydrogen-bond acceptors (Lipinski definition) is 4. The molecule has 0 saturated carbocycles. The van der Waals surface area contributed by atoms with Crippen LogP contribution in [0.4, 0.5) is 5.69 Å². The molecule has 0 atom stereocenters. The summed E-state index contributed by atoms with van der Waals surface area (Å²) >= 11 is 3.31. The molecule has 1 aliphatic heterocycles. The number of anilines is 1. The van der Waals surface area contributed by atoms with E-state index in [1.807, 2.05) is 0 Å². The molecule has 1 aromatic carbocycles. The average Bonchev–Trinajstić information content (AvgIpc) is 2.25. The number of carboxylic acids is 1. The summed E-state index contributed by atoms with van der Waals surface area (Å²) in [6, 6.07) is 7.34. The third kappa shape index (κ3) is 2.63. The number of carbonyl (C=O) groups is 1. The summed E-state index contributed by atoms with van der Waals surface area (Å²) in [6.07, 6.45) is 0.0671. The summed E-state index contributed by atoms with van der Waals surface area (Å²) in [6.45, 7) is 1.24. The van der Waals surface area contributed by atoms with Crippen LogP contribution < -0.4 is 10.6 Å². The van der Waals surface area contributed by atoms with E-state index in [4.69, 9.17) is 10.4 Å². The molecule has 1 heterocycles. The molecule has 1 aromatic rings. The second kappa shape index (κ2) is 4.96. The Hall–Kier alpha value is -1.58. The van der Waals surface area contributed by atoms with Gasteiger partial charge >= 0.3 is 5.97 Å². The van der Waals surface area contributed by atoms with Crippen molar-refractivity contribution in [2.45, 2.75) is 12.0 Å². The van der Waals surface area contributed by atoms with Crippen LogP contribution in [0.2, 0.25) is 0 Å². The molecule has 0 aromatic heterocycles. The average molecular weight is 310 g/mol. The number of nitrogens with one attached hydrogen (secondary N) is 2. The van der Waals surface area contributed by atoms with E-state index >= 15 is 0 Å². The molecule has 0 amide bonds. The van der Waals surface area contributed by atoms with Crippen LogP contribution in [-0.2, 0) is 4.79 Å². The van der Waals surface area contributed by atoms with Gasteiger partial charge in [0.2, 0.25) is 0 Å². The first-order valence-corrected chi connectivity index (χ1v) is 6.24. The van der Waals surface area contributed by atoms with Crippen molar-refractivity contribution >= 4 is 27.6 Å². The van der Waals surface area contributed by atoms with Crippen LogP contribution in [0.15, 0.2) is 22.7 Å². The Kier molecular flexibility index (Phi) is 3.55. The minimum Gasteiger partial charge on any atom is -0.481 e. The summed E-state index contributed by atoms with van der Waals surface area (Å²) in [4.78, 5) is 10.8. The van der Waals surface area contributed by atoms with Crippen LogP contribution in [0.1, 0.15) is 12.0 Å². The Morgan fingerprint density at radius 2 is 2.33 bits per heavy atom. The Bertz CT molecular complexity index is 521. The van der Waals surface area contributed by atoms with Gasteiger partial charge < -0.3 is 15.7 Å². The zero-order valence-electron chi connectivity index (χ0n) is 9.53. The van der Waals surface area contributed by atoms with Gasteiger partial charge in [-0.1, -0.05) is 0 Å². The normalized spacial score (nSPS) is 16.4. The van der Waals surface area contributed by atoms with Crippen molar-refractivity contribution in [3.05, 3.63) is 28.2 Å². The number of hydrogen-bond donors (Lipinski definition) is 3. The van der Waals surface area contributed by atoms with Crippen LogP contribution in [0.25, 0.3) is 0 Å². The summed E-state index contributed by atoms with van der Waals surface area (Å²) in [5, 5.41) is 24.0. The molecule has 2 rings (SSSR count). The number of rotatable bonds is 4. The minimum absolute atomic E-state index is 0.0671. The molecule has 5 nitrogen and oxygen atoms in total. The number of nitrogens with zero attached hydrogens (tertiary/aromatic N) is 1. The van der Waals surface area contributed by atoms with Crippen molar-refractivity contribution < 1.29 is 9.90 Å². The van der Waals surface area contributed by atoms with Gasteiger partial charge in [-0.15, -0.1) is 0 Å². The van der Waals surface area contributed by atoms with Gasteiger partial charge in [-0.05, 0) is 34.1 Å². The number of benzene rings is 1. The maximum absolute atomic E-state index is 10.8. The summed E-state index contributed by atoms with van der Waals surface area (Å²) in [5.41, 5.74) is 0.933. The molecule has 94 valence electrons. The zero-order chi connectivity index (χ0) is 13.2. The molecule has 18 heavy (non-hydrogen) atoms. The molecule has 0 bridgehead atoms. The van der Waals surface area contributed by atoms with Crippen molar-refractivity contribution in [2.24, 2.45) is 0 Å². The quantitative estimate of drug-likeness (QED) is 0.786. The predicted molar refractivity (Wildman–Crippen MR) is 70.3 cm³/mol. The van der Waals surface area contributed by atoms with Gasteiger partial charge in [0.1, 0.15) is 6.07 Å². The van der Waals surface area contributed by atoms with Gasteiger partial charge in [0, 0.05) is 23.2 Å². The van der Waals surface area contributed by atoms with Gasteiger partial charge in [-0.25, -0.2) is 0 Å². The lowest BCUT2D eigenvalue weighted by Crippen LogP contribution is -2.65. The fourth-order valence-electron chi connectivity index (χ4n) is 1.96. The molecule has 0 aliphatic carbocycles. The lowest BCUT2D eigenvalue weighted by Gasteiger charge is -2.43. The fourth-order valence-corrected chi connectivity index (χ4v) is 2.43. The largest absolute Gasteiger partial charge is 0.481 e. The molecule has 6 heteroatoms. The lowest BCUT2D eigenvalue weighted by atomic mass is 9.88. The van der Waals surface area contributed by atoms with E-state index in [1.54, 1.807) is 18.2 Å². The molecule has 0 radical (unpaired) electrons. The van der Waals surface area contributed by atoms with Crippen molar-refractivity contribution in [3.63, 3.8) is 0 Å². The van der Waals surface area contributed by atoms with E-state index in [0.717, 1.165) is 5.69 Å². The van der Waals surface area contributed by atoms with E-state index in [2.05, 4.69) is 32.6 Å². The zero-order valence-corrected chi connectivity index (χ0v) is 11.1. The summed E-state index contributed by atoms with van der Waals surface area (Å²) < 4.78 is 0.702. The molecule has 1 saturated heterocycles. The van der Waals surface area contributed by atoms with Crippen LogP contribution >= 0.6 is 15.9 Å². The topological polar surface area (TPSA) is 85.2 Å². The second-order valence-corrected chi connectivity index (χ2v) is 5.24. The van der Waals surface area contributed by atoms with Crippen molar-refractivity contribution in [3.8, 4) is 6.07 Å². The lowest BCUT2D eigenvalue weighted by molar-refractivity contribution is -0.138. The summed E-state index contributed by atoms with van der Waals surface area (Å²) in [7, 11) is 0. The second-order valence-electron chi connectivity index (χ2n) is 4.39. The monoisotopic (exact) mass is 309 g/mol. The van der Waals surface area contributed by atoms with E-state index in [-0.39, 0.29) is 6.42 Å². The Labute approximate surface area is 113 Å². The van der Waals surface area contributed by atoms with Crippen molar-refractivity contribution in [1.29, 1.82) is 5.26 Å². The molecule has 0 spiro atoms. The highest BCUT2D eigenvalue weighted by Crippen LogP contribution is 2.26. The maximum atomic E-state index is 10.8. The molecule has 1 aliphatic rings. The highest BCUT2D eigenvalue weighted by atomic mass is 79.9. The fraction of sp³-hybridized carbons (Fsp3) is 0.333. The Balaban J connectivity index is 2.15. The molecule has 3 N–H and O–H groups in total. The third-order valence-electron chi connectivity index (χ3n) is 2.92. The SMILES string of the molecule is N#Cc1ccc(NC2(CC(=O)O)CNC2)cc1Br. The van der Waals surface area contributed by atoms with Gasteiger partial charge in [-0.2, -0.15) is 5.26 Å². The number of carboxylic acid groups (broad SMARTS) is 1. The number of aliphatic carboxylic acids is 1. The molecular formula is C12H12BrN3O2. The van der Waals surface area contributed by atoms with Crippen molar-refractivity contribution in [1.82, 2.24) is 5.32 Å². The van der Waals surface area contributed by atoms with Crippen LogP contribution in [-0.4, -0.2) is 29.7 Å². The first kappa shape index (κ1) is 12.9. The molecule has 0 unspecified atom stereocenters. The van der Waals surface area contributed by atoms with Crippen molar-refractivity contribution in [2.75, 3.05) is 18.4 Å². The van der Waals surface area contributed by atoms with E-state index in [0.29, 0.717) is 23.1 Å². The first-order valence-electron chi connectivity index (χ1n) is 5.45. The van der Waals surface area contributed by atoms with E-state index in [1.165, 1.54) is 0 Å².